The van der Waals surface area contributed by atoms with Gasteiger partial charge >= 0.3 is 6.09 Å². The highest BCUT2D eigenvalue weighted by Crippen LogP contribution is 2.42. The fourth-order valence-electron chi connectivity index (χ4n) is 5.23. The predicted molar refractivity (Wildman–Crippen MR) is 161 cm³/mol. The van der Waals surface area contributed by atoms with Gasteiger partial charge in [-0.05, 0) is 94.5 Å². The monoisotopic (exact) mass is 545 g/mol. The molecule has 4 rings (SSSR count). The number of ether oxygens (including phenoxy) is 2. The maximum Gasteiger partial charge on any atom is 0.407 e. The number of anilines is 2. The van der Waals surface area contributed by atoms with Crippen molar-refractivity contribution in [3.05, 3.63) is 83.2 Å². The molecule has 40 heavy (non-hydrogen) atoms. The number of rotatable bonds is 8. The average molecular weight is 546 g/mol. The van der Waals surface area contributed by atoms with Crippen LogP contribution < -0.4 is 20.7 Å². The molecule has 0 unspecified atom stereocenters. The van der Waals surface area contributed by atoms with Gasteiger partial charge in [-0.25, -0.2) is 9.18 Å². The SMILES string of the molecule is COc1cc(F)ccc1-c1ccc2c(c1CNc1ccccc1CCNC(=O)OC(C)(C)C)C(C)=CC(C)(C)N2. The second-order valence-corrected chi connectivity index (χ2v) is 11.7. The Labute approximate surface area is 237 Å². The molecular formula is C33H40FN3O3. The van der Waals surface area contributed by atoms with Crippen LogP contribution in [0, 0.1) is 5.82 Å². The fraction of sp³-hybridized carbons (Fsp3) is 0.364. The van der Waals surface area contributed by atoms with Gasteiger partial charge in [-0.15, -0.1) is 0 Å². The lowest BCUT2D eigenvalue weighted by molar-refractivity contribution is 0.0528. The van der Waals surface area contributed by atoms with E-state index in [0.29, 0.717) is 25.3 Å². The van der Waals surface area contributed by atoms with Gasteiger partial charge in [0.15, 0.2) is 0 Å². The minimum atomic E-state index is -0.542. The van der Waals surface area contributed by atoms with E-state index in [4.69, 9.17) is 9.47 Å². The lowest BCUT2D eigenvalue weighted by atomic mass is 9.85. The molecule has 0 radical (unpaired) electrons. The van der Waals surface area contributed by atoms with E-state index in [1.165, 1.54) is 17.7 Å². The Morgan fingerprint density at radius 3 is 2.50 bits per heavy atom. The highest BCUT2D eigenvalue weighted by Gasteiger charge is 2.27. The van der Waals surface area contributed by atoms with Crippen LogP contribution >= 0.6 is 0 Å². The molecule has 0 fully saturated rings. The second kappa shape index (κ2) is 11.6. The van der Waals surface area contributed by atoms with Gasteiger partial charge in [0.25, 0.3) is 0 Å². The Balaban J connectivity index is 1.65. The molecule has 0 atom stereocenters. The van der Waals surface area contributed by atoms with Crippen molar-refractivity contribution in [2.75, 3.05) is 24.3 Å². The maximum absolute atomic E-state index is 14.1. The van der Waals surface area contributed by atoms with Crippen molar-refractivity contribution >= 4 is 23.0 Å². The number of fused-ring (bicyclic) bond motifs is 1. The number of alkyl carbamates (subject to hydrolysis) is 1. The van der Waals surface area contributed by atoms with Crippen LogP contribution in [0.4, 0.5) is 20.6 Å². The zero-order chi connectivity index (χ0) is 29.1. The molecule has 6 nitrogen and oxygen atoms in total. The molecule has 3 N–H and O–H groups in total. The van der Waals surface area contributed by atoms with Gasteiger partial charge in [-0.2, -0.15) is 0 Å². The van der Waals surface area contributed by atoms with Crippen molar-refractivity contribution in [1.29, 1.82) is 0 Å². The molecule has 1 heterocycles. The van der Waals surface area contributed by atoms with Gasteiger partial charge in [0.2, 0.25) is 0 Å². The zero-order valence-electron chi connectivity index (χ0n) is 24.5. The molecule has 1 amide bonds. The predicted octanol–water partition coefficient (Wildman–Crippen LogP) is 7.79. The zero-order valence-corrected chi connectivity index (χ0v) is 24.5. The maximum atomic E-state index is 14.1. The molecule has 0 aliphatic carbocycles. The summed E-state index contributed by atoms with van der Waals surface area (Å²) in [5.41, 5.74) is 7.59. The van der Waals surface area contributed by atoms with E-state index in [2.05, 4.69) is 61.0 Å². The highest BCUT2D eigenvalue weighted by molar-refractivity contribution is 5.88. The molecule has 3 aromatic rings. The summed E-state index contributed by atoms with van der Waals surface area (Å²) in [4.78, 5) is 12.1. The van der Waals surface area contributed by atoms with E-state index in [-0.39, 0.29) is 11.4 Å². The van der Waals surface area contributed by atoms with Gasteiger partial charge in [0.05, 0.1) is 12.6 Å². The van der Waals surface area contributed by atoms with Crippen molar-refractivity contribution in [3.8, 4) is 16.9 Å². The number of para-hydroxylation sites is 1. The number of allylic oxidation sites excluding steroid dienone is 1. The Morgan fingerprint density at radius 1 is 1.05 bits per heavy atom. The minimum absolute atomic E-state index is 0.176. The van der Waals surface area contributed by atoms with E-state index in [1.54, 1.807) is 13.2 Å². The lowest BCUT2D eigenvalue weighted by Crippen LogP contribution is -2.33. The Bertz CT molecular complexity index is 1420. The highest BCUT2D eigenvalue weighted by atomic mass is 19.1. The molecular weight excluding hydrogens is 505 g/mol. The average Bonchev–Trinajstić information content (AvgIpc) is 2.86. The van der Waals surface area contributed by atoms with Gasteiger partial charge < -0.3 is 25.4 Å². The summed E-state index contributed by atoms with van der Waals surface area (Å²) in [6.45, 7) is 12.9. The Kier molecular flexibility index (Phi) is 8.43. The number of hydrogen-bond donors (Lipinski definition) is 3. The van der Waals surface area contributed by atoms with Gasteiger partial charge in [0.1, 0.15) is 17.2 Å². The molecule has 0 saturated heterocycles. The number of nitrogens with one attached hydrogen (secondary N) is 3. The van der Waals surface area contributed by atoms with Crippen molar-refractivity contribution in [2.45, 2.75) is 65.6 Å². The molecule has 3 aromatic carbocycles. The summed E-state index contributed by atoms with van der Waals surface area (Å²) < 4.78 is 25.0. The van der Waals surface area contributed by atoms with Crippen molar-refractivity contribution < 1.29 is 18.7 Å². The Morgan fingerprint density at radius 2 is 1.77 bits per heavy atom. The van der Waals surface area contributed by atoms with E-state index in [1.807, 2.05) is 39.0 Å². The van der Waals surface area contributed by atoms with E-state index >= 15 is 0 Å². The second-order valence-electron chi connectivity index (χ2n) is 11.7. The molecule has 0 spiro atoms. The van der Waals surface area contributed by atoms with Crippen LogP contribution in [0.25, 0.3) is 16.7 Å². The van der Waals surface area contributed by atoms with Gasteiger partial charge in [-0.1, -0.05) is 30.3 Å². The van der Waals surface area contributed by atoms with Crippen molar-refractivity contribution in [1.82, 2.24) is 5.32 Å². The number of hydrogen-bond acceptors (Lipinski definition) is 5. The first-order chi connectivity index (χ1) is 18.9. The summed E-state index contributed by atoms with van der Waals surface area (Å²) in [7, 11) is 1.56. The van der Waals surface area contributed by atoms with Crippen LogP contribution in [0.3, 0.4) is 0 Å². The third-order valence-electron chi connectivity index (χ3n) is 6.73. The largest absolute Gasteiger partial charge is 0.496 e. The van der Waals surface area contributed by atoms with Crippen molar-refractivity contribution in [2.24, 2.45) is 0 Å². The third kappa shape index (κ3) is 6.95. The Hall–Kier alpha value is -4.00. The first-order valence-electron chi connectivity index (χ1n) is 13.6. The topological polar surface area (TPSA) is 71.6 Å². The molecule has 0 saturated carbocycles. The summed E-state index contributed by atoms with van der Waals surface area (Å²) in [6.07, 6.45) is 2.45. The quantitative estimate of drug-likeness (QED) is 0.270. The van der Waals surface area contributed by atoms with Crippen molar-refractivity contribution in [3.63, 3.8) is 0 Å². The van der Waals surface area contributed by atoms with Gasteiger partial charge in [-0.3, -0.25) is 0 Å². The molecule has 0 aromatic heterocycles. The van der Waals surface area contributed by atoms with Crippen LogP contribution in [0.1, 0.15) is 58.2 Å². The number of amides is 1. The molecule has 7 heteroatoms. The number of carbonyl (C=O) groups is 1. The number of carbonyl (C=O) groups excluding carboxylic acids is 1. The van der Waals surface area contributed by atoms with Crippen LogP contribution in [0.5, 0.6) is 5.75 Å². The summed E-state index contributed by atoms with van der Waals surface area (Å²) in [5, 5.41) is 10.1. The lowest BCUT2D eigenvalue weighted by Gasteiger charge is -2.33. The van der Waals surface area contributed by atoms with E-state index in [0.717, 1.165) is 39.2 Å². The normalized spacial score (nSPS) is 13.9. The smallest absolute Gasteiger partial charge is 0.407 e. The number of methoxy groups -OCH3 is 1. The molecule has 212 valence electrons. The molecule has 1 aliphatic heterocycles. The third-order valence-corrected chi connectivity index (χ3v) is 6.73. The molecule has 0 bridgehead atoms. The first kappa shape index (κ1) is 29.0. The van der Waals surface area contributed by atoms with Crippen LogP contribution in [0.2, 0.25) is 0 Å². The van der Waals surface area contributed by atoms with Crippen LogP contribution in [-0.4, -0.2) is 30.9 Å². The summed E-state index contributed by atoms with van der Waals surface area (Å²) in [5.74, 6) is 0.146. The molecule has 1 aliphatic rings. The number of halogens is 1. The summed E-state index contributed by atoms with van der Waals surface area (Å²) in [6, 6.07) is 16.9. The summed E-state index contributed by atoms with van der Waals surface area (Å²) >= 11 is 0. The van der Waals surface area contributed by atoms with Crippen LogP contribution in [-0.2, 0) is 17.7 Å². The standard InChI is InChI=1S/C33H40FN3O3/c1-21-19-33(5,6)37-28-15-14-24(25-13-12-23(34)18-29(25)39-7)26(30(21)28)20-36-27-11-9-8-10-22(27)16-17-35-31(38)40-32(2,3)4/h8-15,18-19,36-37H,16-17,20H2,1-7H3,(H,35,38). The fourth-order valence-corrected chi connectivity index (χ4v) is 5.23. The van der Waals surface area contributed by atoms with Gasteiger partial charge in [0, 0.05) is 41.7 Å². The number of benzene rings is 3. The van der Waals surface area contributed by atoms with E-state index < -0.39 is 11.7 Å². The first-order valence-corrected chi connectivity index (χ1v) is 13.6. The van der Waals surface area contributed by atoms with E-state index in [9.17, 15) is 9.18 Å². The van der Waals surface area contributed by atoms with Crippen LogP contribution in [0.15, 0.2) is 60.7 Å². The minimum Gasteiger partial charge on any atom is -0.496 e.